The van der Waals surface area contributed by atoms with E-state index in [1.165, 1.54) is 11.6 Å². The minimum atomic E-state index is -0.959. The first-order valence-electron chi connectivity index (χ1n) is 8.83. The van der Waals surface area contributed by atoms with Gasteiger partial charge in [-0.3, -0.25) is 14.4 Å². The number of ketones is 2. The minimum absolute atomic E-state index is 0.224. The minimum Gasteiger partial charge on any atom is -0.340 e. The quantitative estimate of drug-likeness (QED) is 0.637. The number of benzene rings is 1. The molecule has 2 aromatic heterocycles. The van der Waals surface area contributed by atoms with Crippen molar-refractivity contribution >= 4 is 17.5 Å². The molecule has 142 valence electrons. The zero-order chi connectivity index (χ0) is 20.1. The number of nitrogens with zero attached hydrogens (tertiary/aromatic N) is 3. The van der Waals surface area contributed by atoms with Gasteiger partial charge in [0.2, 0.25) is 5.78 Å². The van der Waals surface area contributed by atoms with Gasteiger partial charge in [0, 0.05) is 19.5 Å². The molecule has 1 aromatic carbocycles. The van der Waals surface area contributed by atoms with Crippen molar-refractivity contribution in [3.63, 3.8) is 0 Å². The number of pyridine rings is 1. The molecule has 0 spiro atoms. The second-order valence-corrected chi connectivity index (χ2v) is 6.41. The molecular formula is C21H20N4O3. The number of hydrogen-bond acceptors (Lipinski definition) is 5. The largest absolute Gasteiger partial charge is 0.340 e. The van der Waals surface area contributed by atoms with E-state index >= 15 is 0 Å². The van der Waals surface area contributed by atoms with Crippen LogP contribution in [-0.2, 0) is 16.0 Å². The average molecular weight is 376 g/mol. The van der Waals surface area contributed by atoms with Crippen LogP contribution in [-0.4, -0.2) is 38.3 Å². The van der Waals surface area contributed by atoms with Gasteiger partial charge in [-0.15, -0.1) is 0 Å². The first-order valence-corrected chi connectivity index (χ1v) is 8.83. The lowest BCUT2D eigenvalue weighted by atomic mass is 10.0. The number of carbonyl (C=O) groups excluding carboxylic acids is 3. The highest BCUT2D eigenvalue weighted by atomic mass is 16.2. The Balaban J connectivity index is 1.88. The maximum Gasteiger partial charge on any atom is 0.270 e. The van der Waals surface area contributed by atoms with Crippen molar-refractivity contribution in [3.8, 4) is 5.82 Å². The van der Waals surface area contributed by atoms with Gasteiger partial charge in [-0.1, -0.05) is 36.4 Å². The first kappa shape index (κ1) is 19.2. The third kappa shape index (κ3) is 4.37. The SMILES string of the molecule is CC(=O)C(=O)C(Cc1ccccc1)NC(=O)c1cc(C)nn1-c1ccccn1. The Morgan fingerprint density at radius 3 is 2.43 bits per heavy atom. The van der Waals surface area contributed by atoms with Gasteiger partial charge in [0.25, 0.3) is 5.91 Å². The molecule has 3 rings (SSSR count). The fourth-order valence-corrected chi connectivity index (χ4v) is 2.85. The standard InChI is InChI=1S/C21H20N4O3/c1-14-12-18(25(24-14)19-10-6-7-11-22-19)21(28)23-17(20(27)15(2)26)13-16-8-4-3-5-9-16/h3-12,17H,13H2,1-2H3,(H,23,28). The Morgan fingerprint density at radius 2 is 1.79 bits per heavy atom. The van der Waals surface area contributed by atoms with Crippen LogP contribution in [0, 0.1) is 6.92 Å². The highest BCUT2D eigenvalue weighted by Gasteiger charge is 2.26. The number of nitrogens with one attached hydrogen (secondary N) is 1. The number of Topliss-reactive ketones (excluding diaryl/α,β-unsaturated/α-hetero) is 2. The van der Waals surface area contributed by atoms with Crippen molar-refractivity contribution in [3.05, 3.63) is 77.7 Å². The predicted molar refractivity (Wildman–Crippen MR) is 103 cm³/mol. The van der Waals surface area contributed by atoms with Crippen LogP contribution in [0.5, 0.6) is 0 Å². The number of hydrogen-bond donors (Lipinski definition) is 1. The maximum absolute atomic E-state index is 12.9. The van der Waals surface area contributed by atoms with Crippen molar-refractivity contribution < 1.29 is 14.4 Å². The van der Waals surface area contributed by atoms with Crippen LogP contribution in [0.3, 0.4) is 0 Å². The summed E-state index contributed by atoms with van der Waals surface area (Å²) in [6.07, 6.45) is 1.83. The van der Waals surface area contributed by atoms with E-state index in [9.17, 15) is 14.4 Å². The molecule has 7 heteroatoms. The maximum atomic E-state index is 12.9. The molecule has 0 aliphatic carbocycles. The van der Waals surface area contributed by atoms with Gasteiger partial charge in [0.15, 0.2) is 11.6 Å². The number of carbonyl (C=O) groups is 3. The van der Waals surface area contributed by atoms with Crippen molar-refractivity contribution in [2.24, 2.45) is 0 Å². The summed E-state index contributed by atoms with van der Waals surface area (Å²) in [6.45, 7) is 2.97. The predicted octanol–water partition coefficient (Wildman–Crippen LogP) is 2.07. The van der Waals surface area contributed by atoms with Crippen LogP contribution in [0.25, 0.3) is 5.82 Å². The number of aromatic nitrogens is 3. The lowest BCUT2D eigenvalue weighted by molar-refractivity contribution is -0.136. The van der Waals surface area contributed by atoms with E-state index in [-0.39, 0.29) is 12.1 Å². The zero-order valence-corrected chi connectivity index (χ0v) is 15.6. The fourth-order valence-electron chi connectivity index (χ4n) is 2.85. The molecule has 0 aliphatic heterocycles. The molecule has 2 heterocycles. The molecule has 28 heavy (non-hydrogen) atoms. The molecule has 0 radical (unpaired) electrons. The first-order chi connectivity index (χ1) is 13.5. The zero-order valence-electron chi connectivity index (χ0n) is 15.6. The topological polar surface area (TPSA) is 94.0 Å². The molecule has 1 amide bonds. The average Bonchev–Trinajstić information content (AvgIpc) is 3.10. The van der Waals surface area contributed by atoms with E-state index < -0.39 is 23.5 Å². The summed E-state index contributed by atoms with van der Waals surface area (Å²) in [7, 11) is 0. The Hall–Kier alpha value is -3.61. The van der Waals surface area contributed by atoms with Crippen LogP contribution < -0.4 is 5.32 Å². The summed E-state index contributed by atoms with van der Waals surface area (Å²) >= 11 is 0. The van der Waals surface area contributed by atoms with Gasteiger partial charge in [-0.05, 0) is 30.7 Å². The third-order valence-corrected chi connectivity index (χ3v) is 4.18. The summed E-state index contributed by atoms with van der Waals surface area (Å²) in [5.41, 5.74) is 1.72. The van der Waals surface area contributed by atoms with Crippen LogP contribution in [0.15, 0.2) is 60.8 Å². The van der Waals surface area contributed by atoms with Gasteiger partial charge < -0.3 is 5.32 Å². The second-order valence-electron chi connectivity index (χ2n) is 6.41. The van der Waals surface area contributed by atoms with Gasteiger partial charge in [0.05, 0.1) is 11.7 Å². The van der Waals surface area contributed by atoms with E-state index in [4.69, 9.17) is 0 Å². The van der Waals surface area contributed by atoms with Crippen LogP contribution in [0.4, 0.5) is 0 Å². The van der Waals surface area contributed by atoms with Crippen molar-refractivity contribution in [1.82, 2.24) is 20.1 Å². The van der Waals surface area contributed by atoms with Crippen LogP contribution in [0.1, 0.15) is 28.7 Å². The molecule has 0 saturated carbocycles. The molecule has 0 bridgehead atoms. The second kappa shape index (κ2) is 8.39. The molecule has 0 fully saturated rings. The summed E-state index contributed by atoms with van der Waals surface area (Å²) in [5, 5.41) is 7.00. The lowest BCUT2D eigenvalue weighted by Gasteiger charge is -2.17. The molecule has 3 aromatic rings. The highest BCUT2D eigenvalue weighted by Crippen LogP contribution is 2.12. The van der Waals surface area contributed by atoms with Gasteiger partial charge in [0.1, 0.15) is 5.69 Å². The summed E-state index contributed by atoms with van der Waals surface area (Å²) in [6, 6.07) is 15.2. The van der Waals surface area contributed by atoms with E-state index in [0.717, 1.165) is 5.56 Å². The van der Waals surface area contributed by atoms with Crippen LogP contribution in [0.2, 0.25) is 0 Å². The number of aryl methyl sites for hydroxylation is 1. The summed E-state index contributed by atoms with van der Waals surface area (Å²) in [5.74, 6) is -1.26. The van der Waals surface area contributed by atoms with E-state index in [0.29, 0.717) is 11.5 Å². The Labute approximate surface area is 162 Å². The fraction of sp³-hybridized carbons (Fsp3) is 0.190. The monoisotopic (exact) mass is 376 g/mol. The van der Waals surface area contributed by atoms with Gasteiger partial charge >= 0.3 is 0 Å². The Kier molecular flexibility index (Phi) is 5.74. The molecule has 0 saturated heterocycles. The Bertz CT molecular complexity index is 997. The molecular weight excluding hydrogens is 356 g/mol. The van der Waals surface area contributed by atoms with Crippen molar-refractivity contribution in [2.45, 2.75) is 26.3 Å². The van der Waals surface area contributed by atoms with Crippen molar-refractivity contribution in [1.29, 1.82) is 0 Å². The molecule has 0 aliphatic rings. The molecule has 7 nitrogen and oxygen atoms in total. The number of amides is 1. The molecule has 1 N–H and O–H groups in total. The Morgan fingerprint density at radius 1 is 1.07 bits per heavy atom. The van der Waals surface area contributed by atoms with E-state index in [1.807, 2.05) is 30.3 Å². The molecule has 1 unspecified atom stereocenters. The summed E-state index contributed by atoms with van der Waals surface area (Å²) in [4.78, 5) is 41.2. The summed E-state index contributed by atoms with van der Waals surface area (Å²) < 4.78 is 1.42. The highest BCUT2D eigenvalue weighted by molar-refractivity contribution is 6.38. The van der Waals surface area contributed by atoms with Gasteiger partial charge in [-0.25, -0.2) is 9.67 Å². The smallest absolute Gasteiger partial charge is 0.270 e. The normalized spacial score (nSPS) is 11.6. The third-order valence-electron chi connectivity index (χ3n) is 4.18. The van der Waals surface area contributed by atoms with E-state index in [2.05, 4.69) is 15.4 Å². The molecule has 1 atom stereocenters. The van der Waals surface area contributed by atoms with Crippen LogP contribution >= 0.6 is 0 Å². The lowest BCUT2D eigenvalue weighted by Crippen LogP contribution is -2.45. The van der Waals surface area contributed by atoms with Crippen molar-refractivity contribution in [2.75, 3.05) is 0 Å². The van der Waals surface area contributed by atoms with Gasteiger partial charge in [-0.2, -0.15) is 5.10 Å². The van der Waals surface area contributed by atoms with E-state index in [1.54, 1.807) is 37.4 Å². The number of rotatable bonds is 7.